The molecule has 136 valence electrons. The molecule has 3 rings (SSSR count). The van der Waals surface area contributed by atoms with Gasteiger partial charge < -0.3 is 19.7 Å². The Hall–Kier alpha value is -2.35. The number of aromatic nitrogens is 3. The number of rotatable bonds is 7. The summed E-state index contributed by atoms with van der Waals surface area (Å²) in [6.07, 6.45) is 5.47. The van der Waals surface area contributed by atoms with E-state index in [0.29, 0.717) is 34.3 Å². The largest absolute Gasteiger partial charge is 0.480 e. The van der Waals surface area contributed by atoms with E-state index in [1.54, 1.807) is 40.3 Å². The van der Waals surface area contributed by atoms with Crippen LogP contribution in [0, 0.1) is 0 Å². The van der Waals surface area contributed by atoms with Gasteiger partial charge in [-0.3, -0.25) is 4.79 Å². The molecular weight excluding hydrogens is 379 g/mol. The van der Waals surface area contributed by atoms with Gasteiger partial charge in [0.2, 0.25) is 0 Å². The molecule has 2 heterocycles. The Morgan fingerprint density at radius 2 is 2.12 bits per heavy atom. The maximum absolute atomic E-state index is 11.3. The predicted molar refractivity (Wildman–Crippen MR) is 100 cm³/mol. The van der Waals surface area contributed by atoms with Crippen molar-refractivity contribution in [2.45, 2.75) is 6.42 Å². The Morgan fingerprint density at radius 1 is 1.31 bits per heavy atom. The number of nitrogens with zero attached hydrogens (tertiary/aromatic N) is 4. The summed E-state index contributed by atoms with van der Waals surface area (Å²) in [6.45, 7) is 0.0353. The fourth-order valence-corrected chi connectivity index (χ4v) is 3.04. The second-order valence-corrected chi connectivity index (χ2v) is 6.40. The third kappa shape index (κ3) is 3.75. The molecule has 0 aliphatic heterocycles. The van der Waals surface area contributed by atoms with Gasteiger partial charge in [0, 0.05) is 37.0 Å². The molecule has 1 aromatic carbocycles. The van der Waals surface area contributed by atoms with Gasteiger partial charge in [-0.15, -0.1) is 0 Å². The standard InChI is InChI=1S/C17H16Cl2N4O3/c18-12-3-2-11-13(23-6-4-20-10-23)8-14(21-17(11)16(12)19)22(5-1-7-24)9-15(25)26/h2-4,6,8,10,24H,1,5,7,9H2,(H,25,26). The number of hydrogen-bond donors (Lipinski definition) is 2. The number of hydrogen-bond acceptors (Lipinski definition) is 5. The second kappa shape index (κ2) is 7.90. The zero-order valence-corrected chi connectivity index (χ0v) is 15.2. The Morgan fingerprint density at radius 3 is 2.77 bits per heavy atom. The first kappa shape index (κ1) is 18.4. The van der Waals surface area contributed by atoms with Crippen LogP contribution >= 0.6 is 23.2 Å². The highest BCUT2D eigenvalue weighted by Gasteiger charge is 2.17. The van der Waals surface area contributed by atoms with Crippen LogP contribution in [0.25, 0.3) is 16.6 Å². The van der Waals surface area contributed by atoms with Crippen LogP contribution in [0.5, 0.6) is 0 Å². The summed E-state index contributed by atoms with van der Waals surface area (Å²) in [7, 11) is 0. The molecule has 0 unspecified atom stereocenters. The molecule has 0 spiro atoms. The molecule has 0 saturated carbocycles. The quantitative estimate of drug-likeness (QED) is 0.639. The van der Waals surface area contributed by atoms with E-state index in [4.69, 9.17) is 28.3 Å². The number of aliphatic hydroxyl groups is 1. The molecular formula is C17H16Cl2N4O3. The van der Waals surface area contributed by atoms with Crippen LogP contribution in [0.15, 0.2) is 36.9 Å². The summed E-state index contributed by atoms with van der Waals surface area (Å²) in [5.41, 5.74) is 1.22. The van der Waals surface area contributed by atoms with Crippen LogP contribution in [0.3, 0.4) is 0 Å². The van der Waals surface area contributed by atoms with Gasteiger partial charge in [-0.05, 0) is 18.6 Å². The molecule has 26 heavy (non-hydrogen) atoms. The van der Waals surface area contributed by atoms with Gasteiger partial charge >= 0.3 is 5.97 Å². The van der Waals surface area contributed by atoms with Gasteiger partial charge in [0.05, 0.1) is 27.6 Å². The molecule has 9 heteroatoms. The molecule has 0 saturated heterocycles. The number of aliphatic hydroxyl groups excluding tert-OH is 1. The SMILES string of the molecule is O=C(O)CN(CCCO)c1cc(-n2ccnc2)c2ccc(Cl)c(Cl)c2n1. The van der Waals surface area contributed by atoms with Gasteiger partial charge in [0.15, 0.2) is 0 Å². The van der Waals surface area contributed by atoms with Crippen molar-refractivity contribution in [3.63, 3.8) is 0 Å². The van der Waals surface area contributed by atoms with Crippen LogP contribution < -0.4 is 4.90 Å². The van der Waals surface area contributed by atoms with Crippen molar-refractivity contribution in [2.75, 3.05) is 24.6 Å². The van der Waals surface area contributed by atoms with Crippen molar-refractivity contribution in [1.82, 2.24) is 14.5 Å². The number of pyridine rings is 1. The van der Waals surface area contributed by atoms with Gasteiger partial charge in [0.25, 0.3) is 0 Å². The number of halogens is 2. The van der Waals surface area contributed by atoms with E-state index >= 15 is 0 Å². The second-order valence-electron chi connectivity index (χ2n) is 5.62. The van der Waals surface area contributed by atoms with Crippen molar-refractivity contribution < 1.29 is 15.0 Å². The van der Waals surface area contributed by atoms with Crippen LogP contribution in [0.1, 0.15) is 6.42 Å². The third-order valence-electron chi connectivity index (χ3n) is 3.86. The molecule has 0 fully saturated rings. The minimum absolute atomic E-state index is 0.0509. The average molecular weight is 395 g/mol. The molecule has 0 atom stereocenters. The highest BCUT2D eigenvalue weighted by Crippen LogP contribution is 2.34. The van der Waals surface area contributed by atoms with E-state index in [1.807, 2.05) is 6.07 Å². The Labute approximate surface area is 159 Å². The van der Waals surface area contributed by atoms with E-state index in [1.165, 1.54) is 0 Å². The van der Waals surface area contributed by atoms with Crippen LogP contribution in [-0.2, 0) is 4.79 Å². The lowest BCUT2D eigenvalue weighted by Crippen LogP contribution is -2.32. The number of benzene rings is 1. The highest BCUT2D eigenvalue weighted by molar-refractivity contribution is 6.45. The molecule has 0 amide bonds. The van der Waals surface area contributed by atoms with E-state index in [0.717, 1.165) is 11.1 Å². The van der Waals surface area contributed by atoms with Crippen molar-refractivity contribution >= 4 is 45.9 Å². The summed E-state index contributed by atoms with van der Waals surface area (Å²) >= 11 is 12.5. The molecule has 0 aliphatic carbocycles. The lowest BCUT2D eigenvalue weighted by Gasteiger charge is -2.23. The minimum Gasteiger partial charge on any atom is -0.480 e. The number of carboxylic acids is 1. The average Bonchev–Trinajstić information content (AvgIpc) is 3.15. The molecule has 0 radical (unpaired) electrons. The lowest BCUT2D eigenvalue weighted by atomic mass is 10.1. The van der Waals surface area contributed by atoms with Crippen molar-refractivity contribution in [2.24, 2.45) is 0 Å². The Bertz CT molecular complexity index is 931. The van der Waals surface area contributed by atoms with Crippen LogP contribution in [0.4, 0.5) is 5.82 Å². The number of imidazole rings is 1. The maximum atomic E-state index is 11.3. The van der Waals surface area contributed by atoms with Gasteiger partial charge in [0.1, 0.15) is 12.4 Å². The molecule has 0 bridgehead atoms. The fraction of sp³-hybridized carbons (Fsp3) is 0.235. The fourth-order valence-electron chi connectivity index (χ4n) is 2.68. The highest BCUT2D eigenvalue weighted by atomic mass is 35.5. The maximum Gasteiger partial charge on any atom is 0.323 e. The number of fused-ring (bicyclic) bond motifs is 1. The number of aliphatic carboxylic acids is 1. The smallest absolute Gasteiger partial charge is 0.323 e. The Kier molecular flexibility index (Phi) is 5.61. The van der Waals surface area contributed by atoms with E-state index in [9.17, 15) is 9.90 Å². The van der Waals surface area contributed by atoms with Gasteiger partial charge in [-0.25, -0.2) is 9.97 Å². The number of carboxylic acid groups (broad SMARTS) is 1. The molecule has 2 N–H and O–H groups in total. The monoisotopic (exact) mass is 394 g/mol. The molecule has 2 aromatic heterocycles. The van der Waals surface area contributed by atoms with E-state index in [2.05, 4.69) is 9.97 Å². The predicted octanol–water partition coefficient (Wildman–Crippen LogP) is 3.00. The van der Waals surface area contributed by atoms with Crippen LogP contribution in [-0.4, -0.2) is 50.4 Å². The third-order valence-corrected chi connectivity index (χ3v) is 4.65. The van der Waals surface area contributed by atoms with Crippen LogP contribution in [0.2, 0.25) is 10.0 Å². The van der Waals surface area contributed by atoms with Gasteiger partial charge in [-0.2, -0.15) is 0 Å². The van der Waals surface area contributed by atoms with Gasteiger partial charge in [-0.1, -0.05) is 23.2 Å². The van der Waals surface area contributed by atoms with Crippen molar-refractivity contribution in [3.05, 3.63) is 47.0 Å². The molecule has 7 nitrogen and oxygen atoms in total. The minimum atomic E-state index is -0.994. The summed E-state index contributed by atoms with van der Waals surface area (Å²) in [5.74, 6) is -0.563. The first-order valence-corrected chi connectivity index (χ1v) is 8.61. The summed E-state index contributed by atoms with van der Waals surface area (Å²) < 4.78 is 1.79. The van der Waals surface area contributed by atoms with Crippen molar-refractivity contribution in [1.29, 1.82) is 0 Å². The lowest BCUT2D eigenvalue weighted by molar-refractivity contribution is -0.135. The summed E-state index contributed by atoms with van der Waals surface area (Å²) in [6, 6.07) is 5.27. The Balaban J connectivity index is 2.21. The number of anilines is 1. The van der Waals surface area contributed by atoms with E-state index in [-0.39, 0.29) is 13.2 Å². The van der Waals surface area contributed by atoms with Crippen molar-refractivity contribution in [3.8, 4) is 5.69 Å². The normalized spacial score (nSPS) is 11.0. The molecule has 0 aliphatic rings. The first-order valence-electron chi connectivity index (χ1n) is 7.86. The topological polar surface area (TPSA) is 91.5 Å². The zero-order chi connectivity index (χ0) is 18.7. The zero-order valence-electron chi connectivity index (χ0n) is 13.6. The summed E-state index contributed by atoms with van der Waals surface area (Å²) in [4.78, 5) is 21.4. The summed E-state index contributed by atoms with van der Waals surface area (Å²) in [5, 5.41) is 19.7. The number of carbonyl (C=O) groups is 1. The molecule has 3 aromatic rings. The van der Waals surface area contributed by atoms with E-state index < -0.39 is 5.97 Å². The first-order chi connectivity index (χ1) is 12.5.